The third-order valence-electron chi connectivity index (χ3n) is 1.57. The minimum atomic E-state index is -0.438. The van der Waals surface area contributed by atoms with Crippen molar-refractivity contribution >= 4 is 17.3 Å². The summed E-state index contributed by atoms with van der Waals surface area (Å²) in [4.78, 5) is 11.3. The van der Waals surface area contributed by atoms with Crippen molar-refractivity contribution in [2.24, 2.45) is 0 Å². The Morgan fingerprint density at radius 3 is 2.77 bits per heavy atom. The van der Waals surface area contributed by atoms with Crippen molar-refractivity contribution in [2.45, 2.75) is 6.92 Å². The Kier molecular flexibility index (Phi) is 2.74. The Labute approximate surface area is 76.5 Å². The molecule has 0 aromatic heterocycles. The van der Waals surface area contributed by atoms with Crippen LogP contribution in [-0.4, -0.2) is 12.6 Å². The van der Waals surface area contributed by atoms with Crippen LogP contribution in [0.25, 0.3) is 0 Å². The van der Waals surface area contributed by atoms with E-state index in [-0.39, 0.29) is 0 Å². The molecule has 0 atom stereocenters. The summed E-state index contributed by atoms with van der Waals surface area (Å²) in [6.45, 7) is 2.06. The first-order valence-corrected chi connectivity index (χ1v) is 3.97. The third kappa shape index (κ3) is 2.11. The molecule has 1 rings (SSSR count). The van der Waals surface area contributed by atoms with E-state index in [1.54, 1.807) is 19.1 Å². The van der Waals surface area contributed by atoms with Crippen molar-refractivity contribution in [3.05, 3.63) is 23.8 Å². The average molecular weight is 180 g/mol. The molecule has 1 aromatic carbocycles. The summed E-state index contributed by atoms with van der Waals surface area (Å²) in [6.07, 6.45) is 0. The van der Waals surface area contributed by atoms with Gasteiger partial charge in [0, 0.05) is 11.4 Å². The second kappa shape index (κ2) is 3.80. The number of hydrogen-bond donors (Lipinski definition) is 2. The number of esters is 1. The number of anilines is 2. The van der Waals surface area contributed by atoms with E-state index in [0.717, 1.165) is 0 Å². The van der Waals surface area contributed by atoms with Crippen LogP contribution in [0, 0.1) is 0 Å². The van der Waals surface area contributed by atoms with Gasteiger partial charge in [-0.15, -0.1) is 0 Å². The zero-order valence-electron chi connectivity index (χ0n) is 7.41. The fourth-order valence-electron chi connectivity index (χ4n) is 0.960. The molecule has 0 fully saturated rings. The van der Waals surface area contributed by atoms with Gasteiger partial charge < -0.3 is 16.2 Å². The molecule has 0 saturated heterocycles. The predicted octanol–water partition coefficient (Wildman–Crippen LogP) is 1.03. The van der Waals surface area contributed by atoms with Crippen molar-refractivity contribution in [1.29, 1.82) is 0 Å². The molecule has 13 heavy (non-hydrogen) atoms. The molecule has 0 amide bonds. The van der Waals surface area contributed by atoms with E-state index >= 15 is 0 Å². The Morgan fingerprint density at radius 1 is 1.46 bits per heavy atom. The zero-order chi connectivity index (χ0) is 9.84. The molecule has 0 unspecified atom stereocenters. The second-order valence-electron chi connectivity index (χ2n) is 2.57. The minimum Gasteiger partial charge on any atom is -0.462 e. The summed E-state index contributed by atoms with van der Waals surface area (Å²) < 4.78 is 4.79. The van der Waals surface area contributed by atoms with Gasteiger partial charge >= 0.3 is 5.97 Å². The monoisotopic (exact) mass is 180 g/mol. The number of nitrogens with two attached hydrogens (primary N) is 2. The summed E-state index contributed by atoms with van der Waals surface area (Å²) in [5.74, 6) is -0.438. The molecule has 0 spiro atoms. The molecule has 0 radical (unpaired) electrons. The minimum absolute atomic E-state index is 0.321. The van der Waals surface area contributed by atoms with E-state index in [1.165, 1.54) is 6.07 Å². The lowest BCUT2D eigenvalue weighted by Crippen LogP contribution is -2.08. The lowest BCUT2D eigenvalue weighted by atomic mass is 10.1. The fraction of sp³-hybridized carbons (Fsp3) is 0.222. The molecule has 0 aliphatic rings. The summed E-state index contributed by atoms with van der Waals surface area (Å²) >= 11 is 0. The second-order valence-corrected chi connectivity index (χ2v) is 2.57. The maximum atomic E-state index is 11.3. The molecule has 0 bridgehead atoms. The van der Waals surface area contributed by atoms with E-state index in [0.29, 0.717) is 23.5 Å². The number of ether oxygens (including phenoxy) is 1. The number of benzene rings is 1. The van der Waals surface area contributed by atoms with Crippen LogP contribution in [-0.2, 0) is 4.74 Å². The van der Waals surface area contributed by atoms with Crippen molar-refractivity contribution < 1.29 is 9.53 Å². The molecule has 4 nitrogen and oxygen atoms in total. The Hall–Kier alpha value is -1.71. The molecule has 70 valence electrons. The van der Waals surface area contributed by atoms with Crippen LogP contribution in [0.3, 0.4) is 0 Å². The Balaban J connectivity index is 2.99. The van der Waals surface area contributed by atoms with Crippen LogP contribution in [0.1, 0.15) is 17.3 Å². The van der Waals surface area contributed by atoms with Gasteiger partial charge in [0.05, 0.1) is 12.2 Å². The van der Waals surface area contributed by atoms with E-state index in [2.05, 4.69) is 0 Å². The van der Waals surface area contributed by atoms with Crippen LogP contribution in [0.15, 0.2) is 18.2 Å². The number of carbonyl (C=O) groups excluding carboxylic acids is 1. The van der Waals surface area contributed by atoms with Gasteiger partial charge in [0.25, 0.3) is 0 Å². The first-order chi connectivity index (χ1) is 6.15. The van der Waals surface area contributed by atoms with E-state index in [1.807, 2.05) is 0 Å². The van der Waals surface area contributed by atoms with Crippen LogP contribution in [0.5, 0.6) is 0 Å². The highest BCUT2D eigenvalue weighted by Gasteiger charge is 2.10. The molecular weight excluding hydrogens is 168 g/mol. The Bertz CT molecular complexity index is 323. The SMILES string of the molecule is CCOC(=O)c1cc(N)ccc1N. The summed E-state index contributed by atoms with van der Waals surface area (Å²) in [6, 6.07) is 4.73. The summed E-state index contributed by atoms with van der Waals surface area (Å²) in [5.41, 5.74) is 12.3. The maximum absolute atomic E-state index is 11.3. The normalized spacial score (nSPS) is 9.62. The largest absolute Gasteiger partial charge is 0.462 e. The molecule has 0 aliphatic heterocycles. The van der Waals surface area contributed by atoms with Gasteiger partial charge in [0.2, 0.25) is 0 Å². The highest BCUT2D eigenvalue weighted by Crippen LogP contribution is 2.16. The molecule has 4 heteroatoms. The van der Waals surface area contributed by atoms with Crippen LogP contribution < -0.4 is 11.5 Å². The van der Waals surface area contributed by atoms with Crippen molar-refractivity contribution in [3.8, 4) is 0 Å². The lowest BCUT2D eigenvalue weighted by Gasteiger charge is -2.05. The zero-order valence-corrected chi connectivity index (χ0v) is 7.41. The van der Waals surface area contributed by atoms with Gasteiger partial charge in [0.1, 0.15) is 0 Å². The van der Waals surface area contributed by atoms with Gasteiger partial charge in [-0.1, -0.05) is 0 Å². The van der Waals surface area contributed by atoms with Gasteiger partial charge in [-0.2, -0.15) is 0 Å². The topological polar surface area (TPSA) is 78.3 Å². The smallest absolute Gasteiger partial charge is 0.340 e. The molecule has 4 N–H and O–H groups in total. The van der Waals surface area contributed by atoms with Crippen LogP contribution >= 0.6 is 0 Å². The third-order valence-corrected chi connectivity index (χ3v) is 1.57. The number of hydrogen-bond acceptors (Lipinski definition) is 4. The Morgan fingerprint density at radius 2 is 2.15 bits per heavy atom. The van der Waals surface area contributed by atoms with Crippen LogP contribution in [0.2, 0.25) is 0 Å². The van der Waals surface area contributed by atoms with Crippen molar-refractivity contribution in [1.82, 2.24) is 0 Å². The standard InChI is InChI=1S/C9H12N2O2/c1-2-13-9(12)7-5-6(10)3-4-8(7)11/h3-5H,2,10-11H2,1H3. The highest BCUT2D eigenvalue weighted by molar-refractivity contribution is 5.96. The number of carbonyl (C=O) groups is 1. The fourth-order valence-corrected chi connectivity index (χ4v) is 0.960. The molecule has 1 aromatic rings. The lowest BCUT2D eigenvalue weighted by molar-refractivity contribution is 0.0527. The molecule has 0 aliphatic carbocycles. The predicted molar refractivity (Wildman–Crippen MR) is 51.2 cm³/mol. The van der Waals surface area contributed by atoms with E-state index in [4.69, 9.17) is 16.2 Å². The molecule has 0 heterocycles. The maximum Gasteiger partial charge on any atom is 0.340 e. The number of rotatable bonds is 2. The van der Waals surface area contributed by atoms with Gasteiger partial charge in [-0.25, -0.2) is 4.79 Å². The van der Waals surface area contributed by atoms with Gasteiger partial charge in [0.15, 0.2) is 0 Å². The first-order valence-electron chi connectivity index (χ1n) is 3.97. The average Bonchev–Trinajstić information content (AvgIpc) is 2.09. The number of nitrogen functional groups attached to an aromatic ring is 2. The summed E-state index contributed by atoms with van der Waals surface area (Å²) in [7, 11) is 0. The quantitative estimate of drug-likeness (QED) is 0.526. The van der Waals surface area contributed by atoms with E-state index in [9.17, 15) is 4.79 Å². The molecular formula is C9H12N2O2. The van der Waals surface area contributed by atoms with Crippen LogP contribution in [0.4, 0.5) is 11.4 Å². The highest BCUT2D eigenvalue weighted by atomic mass is 16.5. The molecule has 0 saturated carbocycles. The van der Waals surface area contributed by atoms with Crippen molar-refractivity contribution in [2.75, 3.05) is 18.1 Å². The first kappa shape index (κ1) is 9.38. The van der Waals surface area contributed by atoms with Gasteiger partial charge in [-0.05, 0) is 25.1 Å². The van der Waals surface area contributed by atoms with E-state index < -0.39 is 5.97 Å². The van der Waals surface area contributed by atoms with Crippen molar-refractivity contribution in [3.63, 3.8) is 0 Å². The van der Waals surface area contributed by atoms with Gasteiger partial charge in [-0.3, -0.25) is 0 Å². The summed E-state index contributed by atoms with van der Waals surface area (Å²) in [5, 5.41) is 0.